The molecular weight excluding hydrogens is 1780 g/mol. The van der Waals surface area contributed by atoms with Crippen molar-refractivity contribution in [3.8, 4) is 122 Å². The number of para-hydroxylation sites is 4. The number of fused-ring (bicyclic) bond motifs is 28. The van der Waals surface area contributed by atoms with Crippen LogP contribution >= 0.6 is 0 Å². The molecule has 0 bridgehead atoms. The lowest BCUT2D eigenvalue weighted by Gasteiger charge is -2.21. The first-order chi connectivity index (χ1) is 72.4. The maximum atomic E-state index is 7.34. The number of furan rings is 6. The van der Waals surface area contributed by atoms with Crippen molar-refractivity contribution in [1.82, 2.24) is 0 Å². The van der Waals surface area contributed by atoms with Crippen LogP contribution in [0.1, 0.15) is 0 Å². The van der Waals surface area contributed by atoms with Crippen molar-refractivity contribution < 1.29 is 26.5 Å². The molecule has 146 heavy (non-hydrogen) atoms. The second-order valence-corrected chi connectivity index (χ2v) is 39.1. The van der Waals surface area contributed by atoms with Gasteiger partial charge in [-0.2, -0.15) is 0 Å². The SMILES string of the molecule is c1ccc(-c2ccc(-c3c4ccccc4c(-c4cccc5c4oc4ccc6oc7cc(-c8ccc9c(-c%10ccccc%10)c(-c%10c%11ccccc%11c(-c%11cc%12oc%13ccc(-c%14ccc(-c%15ccc(-c%16c%17ccccc%17c(-c%17c%18oc%19ccccc%19c%18cc%18c%17oc%17ccccc%17%18)c%17ccccc%16%17)c%16ccccc%15%16)cc%14)cc%13c%12c%12c%11oc%11ccccc%11%12)c%11ccccc%10%11)ccc9c8)ccc7c6c45)c4ccccc34)cc2)cc1. The van der Waals surface area contributed by atoms with Crippen molar-refractivity contribution in [3.63, 3.8) is 0 Å². The molecule has 32 aromatic rings. The van der Waals surface area contributed by atoms with Crippen molar-refractivity contribution >= 4 is 218 Å². The van der Waals surface area contributed by atoms with Crippen LogP contribution in [-0.2, 0) is 0 Å². The van der Waals surface area contributed by atoms with Crippen LogP contribution in [0.2, 0.25) is 0 Å². The molecule has 0 amide bonds. The molecule has 0 saturated carbocycles. The van der Waals surface area contributed by atoms with Gasteiger partial charge in [-0.15, -0.1) is 0 Å². The number of benzene rings is 26. The highest BCUT2D eigenvalue weighted by atomic mass is 16.4. The Morgan fingerprint density at radius 2 is 0.452 bits per heavy atom. The molecule has 0 atom stereocenters. The van der Waals surface area contributed by atoms with E-state index in [1.807, 2.05) is 12.1 Å². The van der Waals surface area contributed by atoms with Crippen LogP contribution in [0.4, 0.5) is 0 Å². The van der Waals surface area contributed by atoms with Gasteiger partial charge >= 0.3 is 0 Å². The maximum absolute atomic E-state index is 7.34. The van der Waals surface area contributed by atoms with Crippen molar-refractivity contribution in [3.05, 3.63) is 473 Å². The van der Waals surface area contributed by atoms with Gasteiger partial charge in [0.05, 0.1) is 5.56 Å². The van der Waals surface area contributed by atoms with E-state index in [9.17, 15) is 0 Å². The molecule has 6 heteroatoms. The fourth-order valence-electron chi connectivity index (χ4n) is 25.1. The Labute approximate surface area is 833 Å². The summed E-state index contributed by atoms with van der Waals surface area (Å²) in [4.78, 5) is 0. The van der Waals surface area contributed by atoms with E-state index >= 15 is 0 Å². The fraction of sp³-hybridized carbons (Fsp3) is 0. The Balaban J connectivity index is 0.483. The van der Waals surface area contributed by atoms with E-state index in [-0.39, 0.29) is 0 Å². The van der Waals surface area contributed by atoms with E-state index in [1.54, 1.807) is 0 Å². The minimum Gasteiger partial charge on any atom is -0.456 e. The lowest BCUT2D eigenvalue weighted by Crippen LogP contribution is -1.94. The van der Waals surface area contributed by atoms with Gasteiger partial charge in [-0.1, -0.05) is 400 Å². The van der Waals surface area contributed by atoms with Crippen molar-refractivity contribution in [2.45, 2.75) is 0 Å². The van der Waals surface area contributed by atoms with Gasteiger partial charge in [-0.25, -0.2) is 0 Å². The molecule has 26 aromatic carbocycles. The van der Waals surface area contributed by atoms with Crippen LogP contribution in [0.3, 0.4) is 0 Å². The summed E-state index contributed by atoms with van der Waals surface area (Å²) in [6, 6.07) is 172. The van der Waals surface area contributed by atoms with Crippen LogP contribution in [0.25, 0.3) is 340 Å². The highest BCUT2D eigenvalue weighted by Crippen LogP contribution is 2.58. The largest absolute Gasteiger partial charge is 0.456 e. The van der Waals surface area contributed by atoms with E-state index in [1.165, 1.54) is 60.1 Å². The van der Waals surface area contributed by atoms with Gasteiger partial charge in [0, 0.05) is 92.5 Å². The topological polar surface area (TPSA) is 78.8 Å². The highest BCUT2D eigenvalue weighted by molar-refractivity contribution is 6.36. The molecule has 32 rings (SSSR count). The van der Waals surface area contributed by atoms with Crippen LogP contribution in [0.5, 0.6) is 0 Å². The van der Waals surface area contributed by atoms with Crippen molar-refractivity contribution in [2.75, 3.05) is 0 Å². The molecule has 0 unspecified atom stereocenters. The summed E-state index contributed by atoms with van der Waals surface area (Å²) in [6.07, 6.45) is 0. The molecular formula is C140H78O6. The minimum atomic E-state index is 0.788. The Morgan fingerprint density at radius 3 is 1.04 bits per heavy atom. The predicted molar refractivity (Wildman–Crippen MR) is 610 cm³/mol. The van der Waals surface area contributed by atoms with Crippen molar-refractivity contribution in [2.24, 2.45) is 0 Å². The lowest BCUT2D eigenvalue weighted by molar-refractivity contribution is 0.658. The average Bonchev–Trinajstić information content (AvgIpc) is 1.45. The summed E-state index contributed by atoms with van der Waals surface area (Å²) >= 11 is 0. The van der Waals surface area contributed by atoms with Gasteiger partial charge in [0.15, 0.2) is 0 Å². The summed E-state index contributed by atoms with van der Waals surface area (Å²) in [5, 5.41) is 30.9. The summed E-state index contributed by atoms with van der Waals surface area (Å²) in [6.45, 7) is 0. The average molecular weight is 1860 g/mol. The van der Waals surface area contributed by atoms with Crippen LogP contribution in [-0.4, -0.2) is 0 Å². The molecule has 6 nitrogen and oxygen atoms in total. The molecule has 6 heterocycles. The normalized spacial score (nSPS) is 12.2. The van der Waals surface area contributed by atoms with E-state index in [2.05, 4.69) is 461 Å². The summed E-state index contributed by atoms with van der Waals surface area (Å²) in [5.41, 5.74) is 34.5. The van der Waals surface area contributed by atoms with Crippen LogP contribution in [0, 0.1) is 0 Å². The summed E-state index contributed by atoms with van der Waals surface area (Å²) in [7, 11) is 0. The third-order valence-electron chi connectivity index (χ3n) is 31.5. The van der Waals surface area contributed by atoms with E-state index in [0.29, 0.717) is 0 Å². The monoisotopic (exact) mass is 1850 g/mol. The lowest BCUT2D eigenvalue weighted by atomic mass is 9.82. The summed E-state index contributed by atoms with van der Waals surface area (Å²) < 4.78 is 42.7. The van der Waals surface area contributed by atoms with Gasteiger partial charge < -0.3 is 26.5 Å². The molecule has 0 N–H and O–H groups in total. The first-order valence-electron chi connectivity index (χ1n) is 50.0. The standard InChI is InChI=1S/C140H78O6/c1-3-28-79(29-4-1)80-56-60-84(61-57-80)126-95-36-9-11-38-97(95)129(98-39-12-10-37-96(98)126)111-49-27-50-112-133-122(146-137(111)112)73-72-121-132(133)109-67-63-87(76-123(109)142-121)85-62-66-90-88(74-85)64-68-110(125(90)83-30-5-2-6-31-83)128-99-40-13-15-42-101(99)130(102-43-16-14-41-100(102)128)116-78-124-134(135-108-48-23-26-53-119(108)145-140(116)135)115-75-86(65-71-120(115)141-124)81-54-58-82(59-55-81)89-69-70-107(92-33-8-7-32-91(89)92)127-103-44-17-19-46-105(103)131(106-47-20-18-45-104(106)127)136-138-113(93-34-21-24-51-117(93)143-138)77-114-94-35-22-25-52-118(94)144-139(114)136/h1-78H. The van der Waals surface area contributed by atoms with Gasteiger partial charge in [0.1, 0.15) is 67.0 Å². The molecule has 674 valence electrons. The Bertz CT molecular complexity index is 11000. The smallest absolute Gasteiger partial charge is 0.147 e. The molecule has 0 radical (unpaired) electrons. The third kappa shape index (κ3) is 11.7. The van der Waals surface area contributed by atoms with Crippen LogP contribution in [0.15, 0.2) is 500 Å². The highest BCUT2D eigenvalue weighted by Gasteiger charge is 2.32. The van der Waals surface area contributed by atoms with E-state index in [0.717, 1.165) is 280 Å². The van der Waals surface area contributed by atoms with E-state index in [4.69, 9.17) is 26.5 Å². The van der Waals surface area contributed by atoms with Gasteiger partial charge in [-0.3, -0.25) is 0 Å². The molecule has 0 spiro atoms. The van der Waals surface area contributed by atoms with E-state index < -0.39 is 0 Å². The first-order valence-corrected chi connectivity index (χ1v) is 50.0. The van der Waals surface area contributed by atoms with Crippen molar-refractivity contribution in [1.29, 1.82) is 0 Å². The number of hydrogen-bond acceptors (Lipinski definition) is 6. The molecule has 0 aliphatic heterocycles. The molecule has 0 fully saturated rings. The fourth-order valence-corrected chi connectivity index (χ4v) is 25.1. The maximum Gasteiger partial charge on any atom is 0.147 e. The third-order valence-corrected chi connectivity index (χ3v) is 31.5. The second kappa shape index (κ2) is 31.1. The predicted octanol–water partition coefficient (Wildman–Crippen LogP) is 40.6. The Hall–Kier alpha value is -19.4. The Kier molecular flexibility index (Phi) is 17.1. The minimum absolute atomic E-state index is 0.788. The second-order valence-electron chi connectivity index (χ2n) is 39.1. The first kappa shape index (κ1) is 80.4. The van der Waals surface area contributed by atoms with Crippen LogP contribution < -0.4 is 0 Å². The summed E-state index contributed by atoms with van der Waals surface area (Å²) in [5.74, 6) is 0. The zero-order valence-corrected chi connectivity index (χ0v) is 78.5. The molecule has 0 aliphatic rings. The Morgan fingerprint density at radius 1 is 0.103 bits per heavy atom. The van der Waals surface area contributed by atoms with Gasteiger partial charge in [0.25, 0.3) is 0 Å². The molecule has 0 saturated heterocycles. The van der Waals surface area contributed by atoms with Gasteiger partial charge in [-0.05, 0) is 248 Å². The quantitative estimate of drug-likeness (QED) is 0.120. The molecule has 0 aliphatic carbocycles. The number of rotatable bonds is 11. The number of hydrogen-bond donors (Lipinski definition) is 0. The zero-order valence-electron chi connectivity index (χ0n) is 78.5. The zero-order chi connectivity index (χ0) is 95.2. The molecule has 6 aromatic heterocycles. The van der Waals surface area contributed by atoms with Gasteiger partial charge in [0.2, 0.25) is 0 Å².